The summed E-state index contributed by atoms with van der Waals surface area (Å²) in [6.45, 7) is 6.29. The summed E-state index contributed by atoms with van der Waals surface area (Å²) in [5.41, 5.74) is 1.29. The third-order valence-corrected chi connectivity index (χ3v) is 5.45. The zero-order valence-electron chi connectivity index (χ0n) is 11.1. The topological polar surface area (TPSA) is 20.2 Å². The van der Waals surface area contributed by atoms with E-state index >= 15 is 0 Å². The molecule has 0 aliphatic carbocycles. The van der Waals surface area contributed by atoms with Crippen molar-refractivity contribution in [3.8, 4) is 0 Å². The van der Waals surface area contributed by atoms with Gasteiger partial charge in [-0.3, -0.25) is 0 Å². The van der Waals surface area contributed by atoms with Gasteiger partial charge in [0.2, 0.25) is 0 Å². The van der Waals surface area contributed by atoms with Crippen molar-refractivity contribution in [1.82, 2.24) is 0 Å². The van der Waals surface area contributed by atoms with E-state index in [2.05, 4.69) is 32.9 Å². The molecule has 0 aromatic rings. The molecular formula is C14H24OS2. The summed E-state index contributed by atoms with van der Waals surface area (Å²) in [7, 11) is 0. The van der Waals surface area contributed by atoms with Crippen molar-refractivity contribution < 1.29 is 5.11 Å². The van der Waals surface area contributed by atoms with Crippen molar-refractivity contribution in [2.45, 2.75) is 46.1 Å². The molecule has 1 aliphatic heterocycles. The Morgan fingerprint density at radius 1 is 1.29 bits per heavy atom. The summed E-state index contributed by atoms with van der Waals surface area (Å²) in [5, 5.41) is 10.0. The molecule has 0 aromatic heterocycles. The van der Waals surface area contributed by atoms with Gasteiger partial charge in [-0.1, -0.05) is 24.6 Å². The molecule has 0 radical (unpaired) electrons. The first kappa shape index (κ1) is 15.2. The molecule has 1 saturated heterocycles. The maximum atomic E-state index is 10.0. The summed E-state index contributed by atoms with van der Waals surface area (Å²) in [6, 6.07) is 0. The minimum atomic E-state index is -0.208. The van der Waals surface area contributed by atoms with E-state index in [1.54, 1.807) is 0 Å². The van der Waals surface area contributed by atoms with Crippen molar-refractivity contribution in [3.05, 3.63) is 22.0 Å². The van der Waals surface area contributed by atoms with Crippen LogP contribution in [0.3, 0.4) is 0 Å². The van der Waals surface area contributed by atoms with Crippen LogP contribution in [0, 0.1) is 5.92 Å². The Hall–Kier alpha value is 0.140. The van der Waals surface area contributed by atoms with E-state index in [1.165, 1.54) is 27.7 Å². The van der Waals surface area contributed by atoms with Crippen LogP contribution in [-0.2, 0) is 0 Å². The number of rotatable bonds is 5. The fourth-order valence-electron chi connectivity index (χ4n) is 1.59. The summed E-state index contributed by atoms with van der Waals surface area (Å²) in [6.07, 6.45) is 7.33. The lowest BCUT2D eigenvalue weighted by Gasteiger charge is -2.18. The second-order valence-corrected chi connectivity index (χ2v) is 7.40. The molecule has 1 fully saturated rings. The lowest BCUT2D eigenvalue weighted by Crippen LogP contribution is -2.16. The number of hydrogen-bond acceptors (Lipinski definition) is 3. The van der Waals surface area contributed by atoms with E-state index in [4.69, 9.17) is 0 Å². The van der Waals surface area contributed by atoms with Gasteiger partial charge in [0, 0.05) is 4.24 Å². The van der Waals surface area contributed by atoms with E-state index in [0.717, 1.165) is 12.8 Å². The Morgan fingerprint density at radius 2 is 1.94 bits per heavy atom. The van der Waals surface area contributed by atoms with Crippen molar-refractivity contribution in [3.63, 3.8) is 0 Å². The second kappa shape index (κ2) is 8.28. The molecule has 1 N–H and O–H groups in total. The zero-order valence-corrected chi connectivity index (χ0v) is 12.7. The van der Waals surface area contributed by atoms with Gasteiger partial charge in [0.05, 0.1) is 6.10 Å². The first-order valence-corrected chi connectivity index (χ1v) is 8.34. The molecule has 0 bridgehead atoms. The molecule has 1 nitrogen and oxygen atoms in total. The summed E-state index contributed by atoms with van der Waals surface area (Å²) < 4.78 is 1.46. The maximum absolute atomic E-state index is 10.0. The molecule has 0 amide bonds. The first-order valence-electron chi connectivity index (χ1n) is 6.36. The van der Waals surface area contributed by atoms with E-state index in [0.29, 0.717) is 5.92 Å². The second-order valence-electron chi connectivity index (χ2n) is 4.87. The Kier molecular flexibility index (Phi) is 7.40. The molecule has 1 heterocycles. The number of allylic oxidation sites excluding steroid dienone is 2. The highest BCUT2D eigenvalue weighted by Gasteiger charge is 2.13. The summed E-state index contributed by atoms with van der Waals surface area (Å²) in [5.74, 6) is 2.86. The van der Waals surface area contributed by atoms with Crippen molar-refractivity contribution in [2.75, 3.05) is 11.5 Å². The predicted molar refractivity (Wildman–Crippen MR) is 81.5 cm³/mol. The zero-order chi connectivity index (χ0) is 12.7. The third-order valence-electron chi connectivity index (χ3n) is 2.86. The lowest BCUT2D eigenvalue weighted by molar-refractivity contribution is 0.120. The molecule has 17 heavy (non-hydrogen) atoms. The van der Waals surface area contributed by atoms with Gasteiger partial charge in [0.1, 0.15) is 0 Å². The lowest BCUT2D eigenvalue weighted by atomic mass is 9.98. The Bertz CT molecular complexity index is 272. The van der Waals surface area contributed by atoms with Crippen LogP contribution in [0.25, 0.3) is 0 Å². The smallest absolute Gasteiger partial charge is 0.0603 e. The Balaban J connectivity index is 2.32. The van der Waals surface area contributed by atoms with Crippen LogP contribution in [-0.4, -0.2) is 22.7 Å². The molecule has 1 rings (SSSR count). The largest absolute Gasteiger partial charge is 0.393 e. The van der Waals surface area contributed by atoms with Crippen LogP contribution < -0.4 is 0 Å². The standard InChI is InChI=1S/C14H24OS2/c1-11(2)5-7-13(15)12(3)6-8-14-16-9-4-10-17-14/h5,8,12-13,15H,4,6-7,9-10H2,1-3H3/t12-,13-/m1/s1. The van der Waals surface area contributed by atoms with Crippen molar-refractivity contribution in [2.24, 2.45) is 5.92 Å². The molecular weight excluding hydrogens is 248 g/mol. The molecule has 0 saturated carbocycles. The molecule has 0 unspecified atom stereocenters. The molecule has 0 spiro atoms. The highest BCUT2D eigenvalue weighted by atomic mass is 32.2. The highest BCUT2D eigenvalue weighted by molar-refractivity contribution is 8.22. The molecule has 3 heteroatoms. The molecule has 98 valence electrons. The summed E-state index contributed by atoms with van der Waals surface area (Å²) in [4.78, 5) is 0. The Morgan fingerprint density at radius 3 is 2.53 bits per heavy atom. The molecule has 0 aromatic carbocycles. The SMILES string of the molecule is CC(C)=CC[C@@H](O)[C@H](C)CC=C1SCCCS1. The number of aliphatic hydroxyl groups is 1. The van der Waals surface area contributed by atoms with Gasteiger partial charge in [-0.05, 0) is 50.5 Å². The molecule has 2 atom stereocenters. The van der Waals surface area contributed by atoms with Gasteiger partial charge < -0.3 is 5.11 Å². The number of thioether (sulfide) groups is 2. The van der Waals surface area contributed by atoms with Crippen LogP contribution in [0.1, 0.15) is 40.0 Å². The third kappa shape index (κ3) is 6.58. The van der Waals surface area contributed by atoms with Gasteiger partial charge >= 0.3 is 0 Å². The van der Waals surface area contributed by atoms with Gasteiger partial charge in [-0.25, -0.2) is 0 Å². The van der Waals surface area contributed by atoms with Gasteiger partial charge in [-0.2, -0.15) is 0 Å². The average Bonchev–Trinajstić information content (AvgIpc) is 2.34. The monoisotopic (exact) mass is 272 g/mol. The van der Waals surface area contributed by atoms with Crippen LogP contribution in [0.2, 0.25) is 0 Å². The quantitative estimate of drug-likeness (QED) is 0.747. The van der Waals surface area contributed by atoms with Crippen LogP contribution in [0.15, 0.2) is 22.0 Å². The van der Waals surface area contributed by atoms with Gasteiger partial charge in [0.25, 0.3) is 0 Å². The normalized spacial score (nSPS) is 19.6. The minimum Gasteiger partial charge on any atom is -0.393 e. The van der Waals surface area contributed by atoms with E-state index in [1.807, 2.05) is 23.5 Å². The molecule has 1 aliphatic rings. The minimum absolute atomic E-state index is 0.208. The highest BCUT2D eigenvalue weighted by Crippen LogP contribution is 2.35. The fourth-order valence-corrected chi connectivity index (χ4v) is 4.02. The Labute approximate surface area is 114 Å². The van der Waals surface area contributed by atoms with E-state index in [-0.39, 0.29) is 6.10 Å². The first-order chi connectivity index (χ1) is 8.09. The summed E-state index contributed by atoms with van der Waals surface area (Å²) >= 11 is 3.93. The maximum Gasteiger partial charge on any atom is 0.0603 e. The fraction of sp³-hybridized carbons (Fsp3) is 0.714. The van der Waals surface area contributed by atoms with E-state index < -0.39 is 0 Å². The van der Waals surface area contributed by atoms with Crippen molar-refractivity contribution in [1.29, 1.82) is 0 Å². The van der Waals surface area contributed by atoms with Crippen molar-refractivity contribution >= 4 is 23.5 Å². The van der Waals surface area contributed by atoms with Crippen LogP contribution in [0.5, 0.6) is 0 Å². The predicted octanol–water partition coefficient (Wildman–Crippen LogP) is 4.44. The van der Waals surface area contributed by atoms with Gasteiger partial charge in [-0.15, -0.1) is 23.5 Å². The van der Waals surface area contributed by atoms with Crippen LogP contribution in [0.4, 0.5) is 0 Å². The average molecular weight is 272 g/mol. The van der Waals surface area contributed by atoms with Crippen LogP contribution >= 0.6 is 23.5 Å². The number of aliphatic hydroxyl groups excluding tert-OH is 1. The number of hydrogen-bond donors (Lipinski definition) is 1. The van der Waals surface area contributed by atoms with Gasteiger partial charge in [0.15, 0.2) is 0 Å². The van der Waals surface area contributed by atoms with E-state index in [9.17, 15) is 5.11 Å².